The van der Waals surface area contributed by atoms with Gasteiger partial charge in [-0.1, -0.05) is 42.3 Å². The quantitative estimate of drug-likeness (QED) is 0.649. The molecule has 60 valence electrons. The predicted molar refractivity (Wildman–Crippen MR) is 50.3 cm³/mol. The highest BCUT2D eigenvalue weighted by atomic mass is 16.3. The lowest BCUT2D eigenvalue weighted by Gasteiger charge is -1.93. The molecule has 0 aliphatic heterocycles. The van der Waals surface area contributed by atoms with Crippen LogP contribution in [0.5, 0.6) is 0 Å². The number of terminal acetylenes is 1. The minimum atomic E-state index is -0.787. The average molecular weight is 158 g/mol. The molecule has 1 nitrogen and oxygen atoms in total. The standard InChI is InChI=1S/C11H10O/c1-2-11(12)9-8-10-6-4-3-5-7-10/h1,3-9,11-12H. The third-order valence-corrected chi connectivity index (χ3v) is 1.44. The molecule has 0 bridgehead atoms. The van der Waals surface area contributed by atoms with E-state index in [2.05, 4.69) is 5.92 Å². The van der Waals surface area contributed by atoms with Gasteiger partial charge in [-0.05, 0) is 11.6 Å². The van der Waals surface area contributed by atoms with Crippen LogP contribution in [0.3, 0.4) is 0 Å². The Bertz CT molecular complexity index is 293. The van der Waals surface area contributed by atoms with Gasteiger partial charge in [0, 0.05) is 0 Å². The van der Waals surface area contributed by atoms with Crippen molar-refractivity contribution in [2.24, 2.45) is 0 Å². The lowest BCUT2D eigenvalue weighted by molar-refractivity contribution is 0.282. The molecule has 0 fully saturated rings. The predicted octanol–water partition coefficient (Wildman–Crippen LogP) is 1.69. The van der Waals surface area contributed by atoms with Gasteiger partial charge in [0.05, 0.1) is 0 Å². The van der Waals surface area contributed by atoms with Crippen LogP contribution in [0.15, 0.2) is 36.4 Å². The Labute approximate surface area is 72.4 Å². The third kappa shape index (κ3) is 2.61. The Morgan fingerprint density at radius 2 is 2.00 bits per heavy atom. The van der Waals surface area contributed by atoms with Gasteiger partial charge in [-0.25, -0.2) is 0 Å². The monoisotopic (exact) mass is 158 g/mol. The minimum absolute atomic E-state index is 0.787. The molecule has 1 heteroatoms. The van der Waals surface area contributed by atoms with Crippen molar-refractivity contribution < 1.29 is 5.11 Å². The van der Waals surface area contributed by atoms with Crippen molar-refractivity contribution in [3.8, 4) is 12.3 Å². The molecule has 0 spiro atoms. The number of aliphatic hydroxyl groups is 1. The number of aliphatic hydroxyl groups excluding tert-OH is 1. The van der Waals surface area contributed by atoms with E-state index in [0.717, 1.165) is 5.56 Å². The van der Waals surface area contributed by atoms with Crippen LogP contribution in [-0.2, 0) is 0 Å². The highest BCUT2D eigenvalue weighted by Crippen LogP contribution is 2.01. The van der Waals surface area contributed by atoms with Crippen molar-refractivity contribution in [1.29, 1.82) is 0 Å². The van der Waals surface area contributed by atoms with Crippen molar-refractivity contribution in [1.82, 2.24) is 0 Å². The van der Waals surface area contributed by atoms with Crippen LogP contribution in [0.2, 0.25) is 0 Å². The van der Waals surface area contributed by atoms with E-state index in [0.29, 0.717) is 0 Å². The fourth-order valence-corrected chi connectivity index (χ4v) is 0.822. The Hall–Kier alpha value is -1.52. The van der Waals surface area contributed by atoms with Gasteiger partial charge >= 0.3 is 0 Å². The zero-order valence-corrected chi connectivity index (χ0v) is 6.64. The van der Waals surface area contributed by atoms with Crippen LogP contribution >= 0.6 is 0 Å². The Kier molecular flexibility index (Phi) is 3.13. The van der Waals surface area contributed by atoms with Crippen molar-refractivity contribution in [2.75, 3.05) is 0 Å². The van der Waals surface area contributed by atoms with Crippen molar-refractivity contribution >= 4 is 6.08 Å². The van der Waals surface area contributed by atoms with Crippen molar-refractivity contribution in [3.63, 3.8) is 0 Å². The number of rotatable bonds is 2. The summed E-state index contributed by atoms with van der Waals surface area (Å²) >= 11 is 0. The molecule has 1 aromatic rings. The molecule has 0 aliphatic carbocycles. The second kappa shape index (κ2) is 4.38. The van der Waals surface area contributed by atoms with E-state index in [1.165, 1.54) is 0 Å². The number of hydrogen-bond acceptors (Lipinski definition) is 1. The van der Waals surface area contributed by atoms with Gasteiger partial charge in [0.25, 0.3) is 0 Å². The minimum Gasteiger partial charge on any atom is -0.377 e. The smallest absolute Gasteiger partial charge is 0.133 e. The van der Waals surface area contributed by atoms with E-state index in [9.17, 15) is 0 Å². The average Bonchev–Trinajstić information content (AvgIpc) is 2.16. The molecule has 1 unspecified atom stereocenters. The highest BCUT2D eigenvalue weighted by Gasteiger charge is 1.88. The molecule has 0 amide bonds. The van der Waals surface area contributed by atoms with Gasteiger partial charge in [-0.15, -0.1) is 6.42 Å². The summed E-state index contributed by atoms with van der Waals surface area (Å²) in [4.78, 5) is 0. The first-order chi connectivity index (χ1) is 5.83. The molecule has 0 radical (unpaired) electrons. The molecule has 1 rings (SSSR count). The molecule has 1 N–H and O–H groups in total. The van der Waals surface area contributed by atoms with Crippen LogP contribution in [0.1, 0.15) is 5.56 Å². The van der Waals surface area contributed by atoms with E-state index >= 15 is 0 Å². The van der Waals surface area contributed by atoms with Crippen LogP contribution in [0, 0.1) is 12.3 Å². The van der Waals surface area contributed by atoms with Gasteiger partial charge in [-0.2, -0.15) is 0 Å². The summed E-state index contributed by atoms with van der Waals surface area (Å²) in [5.74, 6) is 2.20. The summed E-state index contributed by atoms with van der Waals surface area (Å²) in [6.07, 6.45) is 7.57. The number of hydrogen-bond donors (Lipinski definition) is 1. The van der Waals surface area contributed by atoms with Crippen LogP contribution in [0.4, 0.5) is 0 Å². The summed E-state index contributed by atoms with van der Waals surface area (Å²) in [5.41, 5.74) is 1.03. The van der Waals surface area contributed by atoms with E-state index in [1.54, 1.807) is 12.2 Å². The fourth-order valence-electron chi connectivity index (χ4n) is 0.822. The first kappa shape index (κ1) is 8.58. The van der Waals surface area contributed by atoms with Crippen LogP contribution in [-0.4, -0.2) is 11.2 Å². The Morgan fingerprint density at radius 3 is 2.58 bits per heavy atom. The zero-order valence-electron chi connectivity index (χ0n) is 6.64. The Morgan fingerprint density at radius 1 is 1.33 bits per heavy atom. The summed E-state index contributed by atoms with van der Waals surface area (Å²) in [5, 5.41) is 9.00. The molecular weight excluding hydrogens is 148 g/mol. The third-order valence-electron chi connectivity index (χ3n) is 1.44. The van der Waals surface area contributed by atoms with Gasteiger partial charge in [0.1, 0.15) is 6.10 Å². The van der Waals surface area contributed by atoms with Gasteiger partial charge < -0.3 is 5.11 Å². The van der Waals surface area contributed by atoms with Gasteiger partial charge in [0.15, 0.2) is 0 Å². The van der Waals surface area contributed by atoms with Gasteiger partial charge in [0.2, 0.25) is 0 Å². The molecule has 0 aliphatic rings. The lowest BCUT2D eigenvalue weighted by Crippen LogP contribution is -1.94. The van der Waals surface area contributed by atoms with Gasteiger partial charge in [-0.3, -0.25) is 0 Å². The molecule has 12 heavy (non-hydrogen) atoms. The van der Waals surface area contributed by atoms with E-state index < -0.39 is 6.10 Å². The summed E-state index contributed by atoms with van der Waals surface area (Å²) in [7, 11) is 0. The first-order valence-corrected chi connectivity index (χ1v) is 3.70. The molecule has 0 heterocycles. The fraction of sp³-hybridized carbons (Fsp3) is 0.0909. The SMILES string of the molecule is C#CC(O)C=Cc1ccccc1. The molecule has 0 aromatic heterocycles. The lowest BCUT2D eigenvalue weighted by atomic mass is 10.2. The molecule has 0 saturated heterocycles. The summed E-state index contributed by atoms with van der Waals surface area (Å²) in [6.45, 7) is 0. The van der Waals surface area contributed by atoms with E-state index in [-0.39, 0.29) is 0 Å². The molecular formula is C11H10O. The number of benzene rings is 1. The zero-order chi connectivity index (χ0) is 8.81. The summed E-state index contributed by atoms with van der Waals surface area (Å²) < 4.78 is 0. The molecule has 1 aromatic carbocycles. The second-order valence-corrected chi connectivity index (χ2v) is 2.38. The van der Waals surface area contributed by atoms with Crippen LogP contribution < -0.4 is 0 Å². The summed E-state index contributed by atoms with van der Waals surface area (Å²) in [6, 6.07) is 9.69. The normalized spacial score (nSPS) is 12.7. The van der Waals surface area contributed by atoms with Crippen LogP contribution in [0.25, 0.3) is 6.08 Å². The maximum Gasteiger partial charge on any atom is 0.133 e. The topological polar surface area (TPSA) is 20.2 Å². The molecule has 1 atom stereocenters. The van der Waals surface area contributed by atoms with E-state index in [1.807, 2.05) is 30.3 Å². The van der Waals surface area contributed by atoms with Crippen molar-refractivity contribution in [3.05, 3.63) is 42.0 Å². The highest BCUT2D eigenvalue weighted by molar-refractivity contribution is 5.49. The van der Waals surface area contributed by atoms with Crippen molar-refractivity contribution in [2.45, 2.75) is 6.10 Å². The second-order valence-electron chi connectivity index (χ2n) is 2.38. The first-order valence-electron chi connectivity index (χ1n) is 3.70. The maximum absolute atomic E-state index is 9.00. The maximum atomic E-state index is 9.00. The largest absolute Gasteiger partial charge is 0.377 e. The van der Waals surface area contributed by atoms with E-state index in [4.69, 9.17) is 11.5 Å². The Balaban J connectivity index is 2.65. The molecule has 0 saturated carbocycles.